The van der Waals surface area contributed by atoms with Crippen molar-refractivity contribution in [1.29, 1.82) is 0 Å². The van der Waals surface area contributed by atoms with Crippen LogP contribution in [-0.4, -0.2) is 17.6 Å². The lowest BCUT2D eigenvalue weighted by molar-refractivity contribution is 0.663. The molecule has 0 saturated carbocycles. The van der Waals surface area contributed by atoms with Crippen LogP contribution in [0.25, 0.3) is 6.08 Å². The Morgan fingerprint density at radius 3 is 3.00 bits per heavy atom. The minimum absolute atomic E-state index is 0.402. The highest BCUT2D eigenvalue weighted by atomic mass is 79.9. The molecule has 0 aliphatic heterocycles. The predicted octanol–water partition coefficient (Wildman–Crippen LogP) is 2.86. The molecule has 0 spiro atoms. The number of likely N-dealkylation sites (N-methyl/N-ethyl adjacent to an activating group) is 1. The first kappa shape index (κ1) is 11.4. The molecule has 0 aliphatic carbocycles. The summed E-state index contributed by atoms with van der Waals surface area (Å²) in [4.78, 5) is 4.09. The zero-order chi connectivity index (χ0) is 10.4. The van der Waals surface area contributed by atoms with Gasteiger partial charge in [0.15, 0.2) is 0 Å². The molecule has 1 unspecified atom stereocenters. The number of halogens is 1. The van der Waals surface area contributed by atoms with Crippen LogP contribution in [0, 0.1) is 0 Å². The molecule has 0 radical (unpaired) electrons. The maximum absolute atomic E-state index is 4.09. The summed E-state index contributed by atoms with van der Waals surface area (Å²) in [6.45, 7) is 5.22. The Kier molecular flexibility index (Phi) is 4.84. The zero-order valence-corrected chi connectivity index (χ0v) is 10.1. The third-order valence-electron chi connectivity index (χ3n) is 1.83. The molecule has 0 fully saturated rings. The number of nitrogens with one attached hydrogen (secondary N) is 1. The number of hydrogen-bond acceptors (Lipinski definition) is 2. The summed E-state index contributed by atoms with van der Waals surface area (Å²) in [7, 11) is 0. The quantitative estimate of drug-likeness (QED) is 0.894. The third kappa shape index (κ3) is 4.03. The predicted molar refractivity (Wildman–Crippen MR) is 64.1 cm³/mol. The van der Waals surface area contributed by atoms with E-state index >= 15 is 0 Å². The van der Waals surface area contributed by atoms with Crippen molar-refractivity contribution < 1.29 is 0 Å². The summed E-state index contributed by atoms with van der Waals surface area (Å²) in [5, 5.41) is 3.31. The highest BCUT2D eigenvalue weighted by molar-refractivity contribution is 9.10. The SMILES string of the molecule is CCNC(C)/C=C/c1cncc(Br)c1. The smallest absolute Gasteiger partial charge is 0.0410 e. The molecule has 1 aromatic rings. The fraction of sp³-hybridized carbons (Fsp3) is 0.364. The number of hydrogen-bond donors (Lipinski definition) is 1. The lowest BCUT2D eigenvalue weighted by Crippen LogP contribution is -2.22. The van der Waals surface area contributed by atoms with Gasteiger partial charge in [-0.2, -0.15) is 0 Å². The summed E-state index contributed by atoms with van der Waals surface area (Å²) >= 11 is 3.39. The van der Waals surface area contributed by atoms with Crippen LogP contribution in [-0.2, 0) is 0 Å². The largest absolute Gasteiger partial charge is 0.311 e. The van der Waals surface area contributed by atoms with Crippen molar-refractivity contribution >= 4 is 22.0 Å². The van der Waals surface area contributed by atoms with Gasteiger partial charge in [0.1, 0.15) is 0 Å². The lowest BCUT2D eigenvalue weighted by atomic mass is 10.2. The van der Waals surface area contributed by atoms with Crippen molar-refractivity contribution in [3.8, 4) is 0 Å². The maximum atomic E-state index is 4.09. The zero-order valence-electron chi connectivity index (χ0n) is 8.50. The van der Waals surface area contributed by atoms with Gasteiger partial charge in [0.2, 0.25) is 0 Å². The van der Waals surface area contributed by atoms with Gasteiger partial charge in [0.05, 0.1) is 0 Å². The monoisotopic (exact) mass is 254 g/mol. The number of aromatic nitrogens is 1. The van der Waals surface area contributed by atoms with E-state index in [2.05, 4.69) is 52.2 Å². The molecule has 0 bridgehead atoms. The van der Waals surface area contributed by atoms with Gasteiger partial charge in [-0.3, -0.25) is 4.98 Å². The Morgan fingerprint density at radius 2 is 2.36 bits per heavy atom. The standard InChI is InChI=1S/C11H15BrN2/c1-3-14-9(2)4-5-10-6-11(12)8-13-7-10/h4-9,14H,3H2,1-2H3/b5-4+. The number of nitrogens with zero attached hydrogens (tertiary/aromatic N) is 1. The van der Waals surface area contributed by atoms with Crippen molar-refractivity contribution in [3.63, 3.8) is 0 Å². The van der Waals surface area contributed by atoms with Crippen LogP contribution in [0.15, 0.2) is 29.0 Å². The van der Waals surface area contributed by atoms with Crippen LogP contribution < -0.4 is 5.32 Å². The Labute approximate surface area is 93.6 Å². The van der Waals surface area contributed by atoms with Gasteiger partial charge >= 0.3 is 0 Å². The Morgan fingerprint density at radius 1 is 1.57 bits per heavy atom. The normalized spacial score (nSPS) is 13.4. The molecule has 0 saturated heterocycles. The molecule has 0 aliphatic rings. The second-order valence-electron chi connectivity index (χ2n) is 3.14. The highest BCUT2D eigenvalue weighted by Gasteiger charge is 1.93. The van der Waals surface area contributed by atoms with Crippen LogP contribution in [0.2, 0.25) is 0 Å². The molecule has 1 aromatic heterocycles. The van der Waals surface area contributed by atoms with E-state index in [1.165, 1.54) is 0 Å². The van der Waals surface area contributed by atoms with Gasteiger partial charge in [-0.25, -0.2) is 0 Å². The topological polar surface area (TPSA) is 24.9 Å². The van der Waals surface area contributed by atoms with Crippen molar-refractivity contribution in [2.75, 3.05) is 6.54 Å². The molecular weight excluding hydrogens is 240 g/mol. The van der Waals surface area contributed by atoms with E-state index < -0.39 is 0 Å². The molecule has 3 heteroatoms. The minimum Gasteiger partial charge on any atom is -0.311 e. The first-order valence-electron chi connectivity index (χ1n) is 4.74. The fourth-order valence-electron chi connectivity index (χ4n) is 1.16. The minimum atomic E-state index is 0.402. The Bertz CT molecular complexity index is 310. The fourth-order valence-corrected chi connectivity index (χ4v) is 1.55. The molecule has 1 heterocycles. The van der Waals surface area contributed by atoms with Crippen molar-refractivity contribution in [2.45, 2.75) is 19.9 Å². The molecule has 0 amide bonds. The molecule has 1 atom stereocenters. The van der Waals surface area contributed by atoms with Crippen molar-refractivity contribution in [2.24, 2.45) is 0 Å². The van der Waals surface area contributed by atoms with Crippen molar-refractivity contribution in [3.05, 3.63) is 34.6 Å². The van der Waals surface area contributed by atoms with Gasteiger partial charge in [-0.05, 0) is 41.0 Å². The number of pyridine rings is 1. The molecule has 1 rings (SSSR count). The van der Waals surface area contributed by atoms with Crippen LogP contribution in [0.5, 0.6) is 0 Å². The summed E-state index contributed by atoms with van der Waals surface area (Å²) in [6, 6.07) is 2.45. The number of rotatable bonds is 4. The summed E-state index contributed by atoms with van der Waals surface area (Å²) in [5.74, 6) is 0. The summed E-state index contributed by atoms with van der Waals surface area (Å²) in [5.41, 5.74) is 1.11. The molecule has 1 N–H and O–H groups in total. The van der Waals surface area contributed by atoms with Crippen LogP contribution in [0.4, 0.5) is 0 Å². The Hall–Kier alpha value is -0.670. The van der Waals surface area contributed by atoms with E-state index in [0.29, 0.717) is 6.04 Å². The summed E-state index contributed by atoms with van der Waals surface area (Å²) < 4.78 is 1.01. The maximum Gasteiger partial charge on any atom is 0.0410 e. The lowest BCUT2D eigenvalue weighted by Gasteiger charge is -2.05. The van der Waals surface area contributed by atoms with Gasteiger partial charge in [-0.1, -0.05) is 19.1 Å². The van der Waals surface area contributed by atoms with E-state index in [0.717, 1.165) is 16.6 Å². The van der Waals surface area contributed by atoms with E-state index in [9.17, 15) is 0 Å². The molecule has 2 nitrogen and oxygen atoms in total. The second kappa shape index (κ2) is 5.94. The summed E-state index contributed by atoms with van der Waals surface area (Å²) in [6.07, 6.45) is 7.84. The first-order chi connectivity index (χ1) is 6.72. The second-order valence-corrected chi connectivity index (χ2v) is 4.06. The van der Waals surface area contributed by atoms with Crippen LogP contribution >= 0.6 is 15.9 Å². The average molecular weight is 255 g/mol. The van der Waals surface area contributed by atoms with Gasteiger partial charge in [0, 0.05) is 22.9 Å². The van der Waals surface area contributed by atoms with E-state index in [-0.39, 0.29) is 0 Å². The highest BCUT2D eigenvalue weighted by Crippen LogP contribution is 2.10. The van der Waals surface area contributed by atoms with E-state index in [1.807, 2.05) is 12.3 Å². The first-order valence-corrected chi connectivity index (χ1v) is 5.54. The average Bonchev–Trinajstić information content (AvgIpc) is 2.15. The molecular formula is C11H15BrN2. The van der Waals surface area contributed by atoms with Gasteiger partial charge in [-0.15, -0.1) is 0 Å². The third-order valence-corrected chi connectivity index (χ3v) is 2.26. The van der Waals surface area contributed by atoms with Crippen molar-refractivity contribution in [1.82, 2.24) is 10.3 Å². The molecule has 0 aromatic carbocycles. The Balaban J connectivity index is 2.59. The van der Waals surface area contributed by atoms with E-state index in [1.54, 1.807) is 6.20 Å². The van der Waals surface area contributed by atoms with Gasteiger partial charge in [0.25, 0.3) is 0 Å². The van der Waals surface area contributed by atoms with Crippen LogP contribution in [0.3, 0.4) is 0 Å². The molecule has 76 valence electrons. The van der Waals surface area contributed by atoms with Gasteiger partial charge < -0.3 is 5.32 Å². The van der Waals surface area contributed by atoms with E-state index in [4.69, 9.17) is 0 Å². The molecule has 14 heavy (non-hydrogen) atoms. The van der Waals surface area contributed by atoms with Crippen LogP contribution in [0.1, 0.15) is 19.4 Å².